The molecular weight excluding hydrogens is 328 g/mol. The van der Waals surface area contributed by atoms with Gasteiger partial charge in [-0.15, -0.1) is 0 Å². The molecule has 1 atom stereocenters. The number of ether oxygens (including phenoxy) is 2. The van der Waals surface area contributed by atoms with Gasteiger partial charge in [-0.25, -0.2) is 4.79 Å². The van der Waals surface area contributed by atoms with Gasteiger partial charge in [-0.3, -0.25) is 0 Å². The Labute approximate surface area is 158 Å². The molecule has 0 radical (unpaired) electrons. The molecule has 5 heteroatoms. The minimum absolute atomic E-state index is 0.210. The largest absolute Gasteiger partial charge is 0.482 e. The Bertz CT molecular complexity index is 609. The number of nitrogens with one attached hydrogen (secondary N) is 1. The van der Waals surface area contributed by atoms with Gasteiger partial charge >= 0.3 is 6.09 Å². The van der Waals surface area contributed by atoms with E-state index in [4.69, 9.17) is 9.47 Å². The number of carbonyl (C=O) groups excluding carboxylic acids is 1. The summed E-state index contributed by atoms with van der Waals surface area (Å²) in [7, 11) is 5.30. The van der Waals surface area contributed by atoms with Crippen LogP contribution in [0.25, 0.3) is 5.57 Å². The van der Waals surface area contributed by atoms with Crippen LogP contribution < -0.4 is 5.32 Å². The van der Waals surface area contributed by atoms with E-state index in [1.165, 1.54) is 5.56 Å². The Kier molecular flexibility index (Phi) is 8.00. The molecule has 0 saturated carbocycles. The molecule has 1 aromatic rings. The van der Waals surface area contributed by atoms with Crippen molar-refractivity contribution in [3.63, 3.8) is 0 Å². The smallest absolute Gasteiger partial charge is 0.410 e. The van der Waals surface area contributed by atoms with E-state index in [2.05, 4.69) is 43.4 Å². The van der Waals surface area contributed by atoms with E-state index in [0.717, 1.165) is 23.4 Å². The van der Waals surface area contributed by atoms with Crippen LogP contribution in [0.4, 0.5) is 4.79 Å². The second kappa shape index (κ2) is 9.51. The molecule has 0 bridgehead atoms. The quantitative estimate of drug-likeness (QED) is 0.720. The van der Waals surface area contributed by atoms with Crippen LogP contribution >= 0.6 is 0 Å². The van der Waals surface area contributed by atoms with E-state index in [9.17, 15) is 4.79 Å². The van der Waals surface area contributed by atoms with Crippen molar-refractivity contribution >= 4 is 11.7 Å². The van der Waals surface area contributed by atoms with Gasteiger partial charge in [-0.2, -0.15) is 0 Å². The van der Waals surface area contributed by atoms with Gasteiger partial charge in [0.2, 0.25) is 0 Å². The minimum Gasteiger partial charge on any atom is -0.482 e. The second-order valence-corrected chi connectivity index (χ2v) is 7.50. The molecule has 1 aromatic carbocycles. The highest BCUT2D eigenvalue weighted by Crippen LogP contribution is 2.24. The molecule has 1 rings (SSSR count). The molecule has 1 N–H and O–H groups in total. The predicted octanol–water partition coefficient (Wildman–Crippen LogP) is 4.60. The predicted molar refractivity (Wildman–Crippen MR) is 107 cm³/mol. The first kappa shape index (κ1) is 21.9. The third-order valence-corrected chi connectivity index (χ3v) is 4.14. The van der Waals surface area contributed by atoms with Gasteiger partial charge in [-0.1, -0.05) is 38.1 Å². The van der Waals surface area contributed by atoms with Crippen molar-refractivity contribution in [2.45, 2.75) is 52.6 Å². The summed E-state index contributed by atoms with van der Waals surface area (Å²) in [6, 6.07) is 8.44. The number of nitrogens with zero attached hydrogens (tertiary/aromatic N) is 1. The van der Waals surface area contributed by atoms with Gasteiger partial charge < -0.3 is 19.7 Å². The third-order valence-electron chi connectivity index (χ3n) is 4.14. The van der Waals surface area contributed by atoms with Crippen LogP contribution in [0.5, 0.6) is 0 Å². The Morgan fingerprint density at radius 1 is 1.23 bits per heavy atom. The molecule has 0 saturated heterocycles. The summed E-state index contributed by atoms with van der Waals surface area (Å²) in [5.41, 5.74) is 2.98. The lowest BCUT2D eigenvalue weighted by Crippen LogP contribution is -2.36. The summed E-state index contributed by atoms with van der Waals surface area (Å²) in [5.74, 6) is 1.000. The first-order valence-electron chi connectivity index (χ1n) is 9.12. The van der Waals surface area contributed by atoms with Gasteiger partial charge in [0.05, 0.1) is 7.11 Å². The number of carbonyl (C=O) groups is 1. The molecule has 146 valence electrons. The highest BCUT2D eigenvalue weighted by Gasteiger charge is 2.21. The van der Waals surface area contributed by atoms with Crippen LogP contribution in [0, 0.1) is 0 Å². The van der Waals surface area contributed by atoms with Gasteiger partial charge in [-0.05, 0) is 44.2 Å². The zero-order chi connectivity index (χ0) is 19.9. The molecule has 0 aliphatic carbocycles. The van der Waals surface area contributed by atoms with Crippen LogP contribution in [-0.2, 0) is 9.47 Å². The lowest BCUT2D eigenvalue weighted by Gasteiger charge is -2.26. The number of rotatable bonds is 7. The first-order valence-corrected chi connectivity index (χ1v) is 9.12. The summed E-state index contributed by atoms with van der Waals surface area (Å²) in [4.78, 5) is 13.8. The maximum Gasteiger partial charge on any atom is 0.410 e. The Morgan fingerprint density at radius 3 is 2.23 bits per heavy atom. The number of hydrogen-bond donors (Lipinski definition) is 1. The number of hydrogen-bond acceptors (Lipinski definition) is 4. The Morgan fingerprint density at radius 2 is 1.81 bits per heavy atom. The zero-order valence-electron chi connectivity index (χ0n) is 17.5. The zero-order valence-corrected chi connectivity index (χ0v) is 17.5. The monoisotopic (exact) mass is 362 g/mol. The fourth-order valence-corrected chi connectivity index (χ4v) is 2.82. The molecule has 0 aliphatic heterocycles. The van der Waals surface area contributed by atoms with E-state index in [1.54, 1.807) is 19.1 Å². The van der Waals surface area contributed by atoms with Crippen molar-refractivity contribution in [1.29, 1.82) is 0 Å². The molecule has 0 spiro atoms. The van der Waals surface area contributed by atoms with Crippen LogP contribution in [0.3, 0.4) is 0 Å². The molecule has 26 heavy (non-hydrogen) atoms. The molecule has 0 aliphatic rings. The SMILES string of the molecule is CC/C(=C(\NC)OC)c1ccc([C@@H](C)CN(C)C(=O)OC(C)(C)C)cc1. The van der Waals surface area contributed by atoms with Crippen molar-refractivity contribution in [1.82, 2.24) is 10.2 Å². The fraction of sp³-hybridized carbons (Fsp3) is 0.571. The van der Waals surface area contributed by atoms with E-state index in [1.807, 2.05) is 27.8 Å². The first-order chi connectivity index (χ1) is 12.1. The summed E-state index contributed by atoms with van der Waals surface area (Å²) >= 11 is 0. The average molecular weight is 363 g/mol. The second-order valence-electron chi connectivity index (χ2n) is 7.50. The lowest BCUT2D eigenvalue weighted by atomic mass is 9.96. The number of methoxy groups -OCH3 is 1. The van der Waals surface area contributed by atoms with Crippen molar-refractivity contribution in [2.24, 2.45) is 0 Å². The number of likely N-dealkylation sites (N-methyl/N-ethyl adjacent to an activating group) is 1. The molecule has 1 amide bonds. The number of benzene rings is 1. The van der Waals surface area contributed by atoms with Gasteiger partial charge in [0.15, 0.2) is 5.88 Å². The standard InChI is InChI=1S/C21H34N2O3/c1-9-18(19(22-6)25-8)17-12-10-16(11-13-17)15(2)14-23(7)20(24)26-21(3,4)5/h10-13,15,22H,9,14H2,1-8H3/b19-18-/t15-/m0/s1. The van der Waals surface area contributed by atoms with Crippen molar-refractivity contribution in [3.05, 3.63) is 41.3 Å². The Hall–Kier alpha value is -2.17. The molecule has 0 fully saturated rings. The normalized spacial score (nSPS) is 13.5. The number of amides is 1. The molecule has 5 nitrogen and oxygen atoms in total. The van der Waals surface area contributed by atoms with Crippen LogP contribution in [0.15, 0.2) is 30.1 Å². The maximum absolute atomic E-state index is 12.1. The molecule has 0 unspecified atom stereocenters. The maximum atomic E-state index is 12.1. The molecular formula is C21H34N2O3. The van der Waals surface area contributed by atoms with Crippen LogP contribution in [0.1, 0.15) is 58.1 Å². The van der Waals surface area contributed by atoms with Crippen molar-refractivity contribution < 1.29 is 14.3 Å². The van der Waals surface area contributed by atoms with Gasteiger partial charge in [0.25, 0.3) is 0 Å². The average Bonchev–Trinajstić information content (AvgIpc) is 2.58. The topological polar surface area (TPSA) is 50.8 Å². The minimum atomic E-state index is -0.481. The third kappa shape index (κ3) is 6.28. The Balaban J connectivity index is 2.85. The highest BCUT2D eigenvalue weighted by atomic mass is 16.6. The van der Waals surface area contributed by atoms with E-state index in [-0.39, 0.29) is 12.0 Å². The van der Waals surface area contributed by atoms with Gasteiger partial charge in [0, 0.05) is 26.2 Å². The van der Waals surface area contributed by atoms with Gasteiger partial charge in [0.1, 0.15) is 5.60 Å². The molecule has 0 heterocycles. The molecule has 0 aromatic heterocycles. The van der Waals surface area contributed by atoms with E-state index in [0.29, 0.717) is 6.54 Å². The van der Waals surface area contributed by atoms with E-state index >= 15 is 0 Å². The fourth-order valence-electron chi connectivity index (χ4n) is 2.82. The highest BCUT2D eigenvalue weighted by molar-refractivity contribution is 5.68. The van der Waals surface area contributed by atoms with Crippen molar-refractivity contribution in [2.75, 3.05) is 27.7 Å². The summed E-state index contributed by atoms with van der Waals surface area (Å²) < 4.78 is 10.8. The van der Waals surface area contributed by atoms with Crippen LogP contribution in [-0.4, -0.2) is 44.3 Å². The number of allylic oxidation sites excluding steroid dienone is 1. The van der Waals surface area contributed by atoms with Crippen molar-refractivity contribution in [3.8, 4) is 0 Å². The van der Waals surface area contributed by atoms with E-state index < -0.39 is 5.60 Å². The lowest BCUT2D eigenvalue weighted by molar-refractivity contribution is 0.0291. The summed E-state index contributed by atoms with van der Waals surface area (Å²) in [6.07, 6.45) is 0.580. The summed E-state index contributed by atoms with van der Waals surface area (Å²) in [6.45, 7) is 10.4. The van der Waals surface area contributed by atoms with Crippen LogP contribution in [0.2, 0.25) is 0 Å². The summed E-state index contributed by atoms with van der Waals surface area (Å²) in [5, 5.41) is 3.10.